The van der Waals surface area contributed by atoms with Crippen molar-refractivity contribution in [1.82, 2.24) is 5.32 Å². The Morgan fingerprint density at radius 3 is 2.46 bits per heavy atom. The minimum absolute atomic E-state index is 0.00433. The number of carbonyl (C=O) groups excluding carboxylic acids is 2. The van der Waals surface area contributed by atoms with E-state index in [2.05, 4.69) is 11.9 Å². The van der Waals surface area contributed by atoms with Crippen LogP contribution in [-0.4, -0.2) is 32.1 Å². The maximum atomic E-state index is 13.8. The van der Waals surface area contributed by atoms with Crippen LogP contribution < -0.4 is 14.8 Å². The molecule has 1 N–H and O–H groups in total. The molecule has 0 amide bonds. The molecule has 1 fully saturated rings. The number of allylic oxidation sites excluding steroid dienone is 2. The van der Waals surface area contributed by atoms with Crippen LogP contribution >= 0.6 is 11.6 Å². The molecule has 0 radical (unpaired) electrons. The van der Waals surface area contributed by atoms with E-state index >= 15 is 0 Å². The smallest absolute Gasteiger partial charge is 0.316 e. The van der Waals surface area contributed by atoms with Crippen LogP contribution in [0.4, 0.5) is 0 Å². The van der Waals surface area contributed by atoms with Crippen LogP contribution in [0.2, 0.25) is 5.02 Å². The van der Waals surface area contributed by atoms with E-state index in [0.717, 1.165) is 42.5 Å². The van der Waals surface area contributed by atoms with Crippen molar-refractivity contribution in [2.45, 2.75) is 56.5 Å². The average molecular weight is 522 g/mol. The molecule has 7 heteroatoms. The first-order valence-corrected chi connectivity index (χ1v) is 13.2. The Bertz CT molecular complexity index is 1260. The van der Waals surface area contributed by atoms with E-state index in [4.69, 9.17) is 25.8 Å². The minimum Gasteiger partial charge on any atom is -0.493 e. The Labute approximate surface area is 222 Å². The summed E-state index contributed by atoms with van der Waals surface area (Å²) in [4.78, 5) is 27.3. The molecule has 2 aromatic carbocycles. The highest BCUT2D eigenvalue weighted by molar-refractivity contribution is 6.30. The van der Waals surface area contributed by atoms with Gasteiger partial charge in [-0.3, -0.25) is 9.59 Å². The van der Waals surface area contributed by atoms with Gasteiger partial charge >= 0.3 is 5.97 Å². The van der Waals surface area contributed by atoms with Crippen molar-refractivity contribution in [1.29, 1.82) is 0 Å². The molecule has 37 heavy (non-hydrogen) atoms. The minimum atomic E-state index is -0.709. The number of hydrogen-bond donors (Lipinski definition) is 1. The molecule has 0 aromatic heterocycles. The molecule has 2 aromatic rings. The maximum Gasteiger partial charge on any atom is 0.316 e. The highest BCUT2D eigenvalue weighted by atomic mass is 35.5. The molecule has 0 bridgehead atoms. The number of methoxy groups -OCH3 is 2. The summed E-state index contributed by atoms with van der Waals surface area (Å²) in [5.74, 6) is -0.328. The van der Waals surface area contributed by atoms with Gasteiger partial charge in [-0.1, -0.05) is 36.4 Å². The fraction of sp³-hybridized carbons (Fsp3) is 0.400. The van der Waals surface area contributed by atoms with Crippen molar-refractivity contribution in [2.24, 2.45) is 5.92 Å². The van der Waals surface area contributed by atoms with E-state index in [9.17, 15) is 9.59 Å². The number of carbonyl (C=O) groups is 2. The van der Waals surface area contributed by atoms with Crippen LogP contribution in [0.5, 0.6) is 11.5 Å². The van der Waals surface area contributed by atoms with Gasteiger partial charge in [-0.25, -0.2) is 0 Å². The summed E-state index contributed by atoms with van der Waals surface area (Å²) in [6.45, 7) is 4.23. The normalized spacial score (nSPS) is 23.9. The molecule has 3 atom stereocenters. The van der Waals surface area contributed by atoms with Crippen molar-refractivity contribution in [3.05, 3.63) is 82.2 Å². The first kappa shape index (κ1) is 25.4. The number of ether oxygens (including phenoxy) is 3. The lowest BCUT2D eigenvalue weighted by Crippen LogP contribution is -2.42. The molecule has 1 aliphatic heterocycles. The highest BCUT2D eigenvalue weighted by Gasteiger charge is 2.46. The fourth-order valence-electron chi connectivity index (χ4n) is 5.97. The van der Waals surface area contributed by atoms with Crippen molar-refractivity contribution < 1.29 is 23.8 Å². The molecule has 5 rings (SSSR count). The Balaban J connectivity index is 1.52. The third-order valence-electron chi connectivity index (χ3n) is 7.76. The zero-order valence-corrected chi connectivity index (χ0v) is 22.0. The predicted molar refractivity (Wildman–Crippen MR) is 142 cm³/mol. The van der Waals surface area contributed by atoms with Gasteiger partial charge < -0.3 is 19.5 Å². The lowest BCUT2D eigenvalue weighted by Gasteiger charge is -2.40. The SMILES string of the molecule is C=C1NC2=C(C(=O)CC(c3ccc(OC)c(OC)c3)C2)C(c2cccc(Cl)c2)C1C(=O)OC1CCCC1. The van der Waals surface area contributed by atoms with Gasteiger partial charge in [0, 0.05) is 34.3 Å². The molecule has 6 nitrogen and oxygen atoms in total. The monoisotopic (exact) mass is 521 g/mol. The summed E-state index contributed by atoms with van der Waals surface area (Å²) in [7, 11) is 3.20. The van der Waals surface area contributed by atoms with Gasteiger partial charge in [-0.15, -0.1) is 0 Å². The molecular formula is C30H32ClNO5. The maximum absolute atomic E-state index is 13.8. The van der Waals surface area contributed by atoms with Crippen LogP contribution in [0, 0.1) is 5.92 Å². The van der Waals surface area contributed by atoms with E-state index in [1.54, 1.807) is 20.3 Å². The summed E-state index contributed by atoms with van der Waals surface area (Å²) in [6.07, 6.45) is 4.73. The number of esters is 1. The molecule has 1 saturated carbocycles. The molecule has 0 spiro atoms. The second-order valence-electron chi connectivity index (χ2n) is 10.0. The van der Waals surface area contributed by atoms with Crippen LogP contribution in [0.15, 0.2) is 66.0 Å². The first-order valence-electron chi connectivity index (χ1n) is 12.8. The van der Waals surface area contributed by atoms with E-state index < -0.39 is 11.8 Å². The average Bonchev–Trinajstić information content (AvgIpc) is 3.40. The number of halogens is 1. The van der Waals surface area contributed by atoms with Gasteiger partial charge in [0.05, 0.1) is 14.2 Å². The molecule has 3 aliphatic rings. The third kappa shape index (κ3) is 4.99. The molecule has 2 aliphatic carbocycles. The van der Waals surface area contributed by atoms with Crippen molar-refractivity contribution in [3.63, 3.8) is 0 Å². The summed E-state index contributed by atoms with van der Waals surface area (Å²) in [5, 5.41) is 3.90. The lowest BCUT2D eigenvalue weighted by molar-refractivity contribution is -0.153. The summed E-state index contributed by atoms with van der Waals surface area (Å²) < 4.78 is 16.8. The molecule has 1 heterocycles. The zero-order chi connectivity index (χ0) is 26.1. The first-order chi connectivity index (χ1) is 17.9. The van der Waals surface area contributed by atoms with Crippen molar-refractivity contribution >= 4 is 23.4 Å². The predicted octanol–water partition coefficient (Wildman–Crippen LogP) is 6.06. The summed E-state index contributed by atoms with van der Waals surface area (Å²) in [5.41, 5.74) is 3.78. The van der Waals surface area contributed by atoms with Gasteiger partial charge in [0.2, 0.25) is 0 Å². The molecular weight excluding hydrogens is 490 g/mol. The van der Waals surface area contributed by atoms with Crippen LogP contribution in [0.1, 0.15) is 61.5 Å². The summed E-state index contributed by atoms with van der Waals surface area (Å²) >= 11 is 6.36. The number of nitrogens with one attached hydrogen (secondary N) is 1. The van der Waals surface area contributed by atoms with Crippen molar-refractivity contribution in [3.8, 4) is 11.5 Å². The van der Waals surface area contributed by atoms with Gasteiger partial charge in [0.15, 0.2) is 17.3 Å². The van der Waals surface area contributed by atoms with Gasteiger partial charge in [-0.2, -0.15) is 0 Å². The zero-order valence-electron chi connectivity index (χ0n) is 21.2. The second-order valence-corrected chi connectivity index (χ2v) is 10.5. The van der Waals surface area contributed by atoms with Crippen LogP contribution in [-0.2, 0) is 14.3 Å². The Morgan fingerprint density at radius 1 is 1.00 bits per heavy atom. The van der Waals surface area contributed by atoms with E-state index in [1.807, 2.05) is 36.4 Å². The van der Waals surface area contributed by atoms with Gasteiger partial charge in [0.25, 0.3) is 0 Å². The third-order valence-corrected chi connectivity index (χ3v) is 8.00. The van der Waals surface area contributed by atoms with Crippen LogP contribution in [0.25, 0.3) is 0 Å². The fourth-order valence-corrected chi connectivity index (χ4v) is 6.17. The number of hydrogen-bond acceptors (Lipinski definition) is 6. The Morgan fingerprint density at radius 2 is 1.76 bits per heavy atom. The van der Waals surface area contributed by atoms with Crippen LogP contribution in [0.3, 0.4) is 0 Å². The van der Waals surface area contributed by atoms with Gasteiger partial charge in [0.1, 0.15) is 12.0 Å². The Kier molecular flexibility index (Phi) is 7.29. The number of benzene rings is 2. The topological polar surface area (TPSA) is 73.9 Å². The van der Waals surface area contributed by atoms with Crippen molar-refractivity contribution in [2.75, 3.05) is 14.2 Å². The largest absolute Gasteiger partial charge is 0.493 e. The molecule has 3 unspecified atom stereocenters. The van der Waals surface area contributed by atoms with E-state index in [1.165, 1.54) is 0 Å². The number of rotatable bonds is 6. The van der Waals surface area contributed by atoms with Gasteiger partial charge in [-0.05, 0) is 73.4 Å². The molecule has 194 valence electrons. The molecule has 0 saturated heterocycles. The van der Waals surface area contributed by atoms with E-state index in [0.29, 0.717) is 40.6 Å². The lowest BCUT2D eigenvalue weighted by atomic mass is 9.69. The standard InChI is InChI=1S/C30H32ClNO5/c1-17-27(30(34)37-22-9-4-5-10-22)28(19-7-6-8-21(31)13-19)29-23(32-17)14-20(15-24(29)33)18-11-12-25(35-2)26(16-18)36-3/h6-8,11-13,16,20,22,27-28,32H,1,4-5,9-10,14-15H2,2-3H3. The quantitative estimate of drug-likeness (QED) is 0.466. The summed E-state index contributed by atoms with van der Waals surface area (Å²) in [6, 6.07) is 13.1. The highest BCUT2D eigenvalue weighted by Crippen LogP contribution is 2.48. The second kappa shape index (κ2) is 10.6. The number of ketones is 1. The number of Topliss-reactive ketones (excluding diaryl/α,β-unsaturated/α-hetero) is 1. The Hall–Kier alpha value is -3.25. The van der Waals surface area contributed by atoms with E-state index in [-0.39, 0.29) is 23.8 Å².